The van der Waals surface area contributed by atoms with Crippen molar-refractivity contribution in [3.8, 4) is 5.69 Å². The number of aromatic nitrogens is 2. The van der Waals surface area contributed by atoms with Crippen LogP contribution < -0.4 is 11.1 Å². The van der Waals surface area contributed by atoms with Crippen molar-refractivity contribution in [2.45, 2.75) is 57.0 Å². The third kappa shape index (κ3) is 2.73. The number of para-hydroxylation sites is 1. The van der Waals surface area contributed by atoms with Gasteiger partial charge in [-0.1, -0.05) is 31.0 Å². The highest BCUT2D eigenvalue weighted by Crippen LogP contribution is 2.28. The molecule has 1 saturated carbocycles. The van der Waals surface area contributed by atoms with Crippen LogP contribution in [0.25, 0.3) is 5.69 Å². The minimum Gasteiger partial charge on any atom is -0.346 e. The molecule has 24 heavy (non-hydrogen) atoms. The van der Waals surface area contributed by atoms with E-state index >= 15 is 0 Å². The summed E-state index contributed by atoms with van der Waals surface area (Å²) in [4.78, 5) is 12.8. The van der Waals surface area contributed by atoms with E-state index < -0.39 is 0 Å². The number of nitrogens with zero attached hydrogens (tertiary/aromatic N) is 2. The lowest BCUT2D eigenvalue weighted by molar-refractivity contribution is 0.0915. The zero-order valence-electron chi connectivity index (χ0n) is 13.9. The molecule has 0 aliphatic heterocycles. The van der Waals surface area contributed by atoms with Gasteiger partial charge in [0.1, 0.15) is 0 Å². The van der Waals surface area contributed by atoms with E-state index in [4.69, 9.17) is 5.73 Å². The van der Waals surface area contributed by atoms with Crippen molar-refractivity contribution in [1.29, 1.82) is 0 Å². The van der Waals surface area contributed by atoms with Gasteiger partial charge in [-0.25, -0.2) is 4.68 Å². The SMILES string of the molecule is N[C@@H]1CCCC[C@H]1NC(=O)c1nn(-c2ccccc2)c2c1CCC2. The van der Waals surface area contributed by atoms with Gasteiger partial charge in [0, 0.05) is 23.3 Å². The summed E-state index contributed by atoms with van der Waals surface area (Å²) < 4.78 is 1.94. The Hall–Kier alpha value is -2.14. The van der Waals surface area contributed by atoms with E-state index in [0.717, 1.165) is 56.2 Å². The second-order valence-corrected chi connectivity index (χ2v) is 6.90. The molecule has 1 aromatic heterocycles. The molecule has 4 rings (SSSR count). The van der Waals surface area contributed by atoms with Crippen LogP contribution in [0.3, 0.4) is 0 Å². The quantitative estimate of drug-likeness (QED) is 0.910. The van der Waals surface area contributed by atoms with Crippen molar-refractivity contribution in [3.05, 3.63) is 47.3 Å². The smallest absolute Gasteiger partial charge is 0.272 e. The van der Waals surface area contributed by atoms with Gasteiger partial charge in [0.2, 0.25) is 0 Å². The molecule has 1 amide bonds. The molecule has 5 heteroatoms. The summed E-state index contributed by atoms with van der Waals surface area (Å²) in [5, 5.41) is 7.80. The van der Waals surface area contributed by atoms with Crippen molar-refractivity contribution in [2.75, 3.05) is 0 Å². The van der Waals surface area contributed by atoms with Gasteiger partial charge in [-0.2, -0.15) is 5.10 Å². The topological polar surface area (TPSA) is 72.9 Å². The molecule has 1 aromatic carbocycles. The lowest BCUT2D eigenvalue weighted by Gasteiger charge is -2.29. The van der Waals surface area contributed by atoms with Crippen LogP contribution in [-0.2, 0) is 12.8 Å². The molecule has 0 bridgehead atoms. The Morgan fingerprint density at radius 2 is 1.92 bits per heavy atom. The van der Waals surface area contributed by atoms with Crippen molar-refractivity contribution < 1.29 is 4.79 Å². The zero-order chi connectivity index (χ0) is 16.5. The Balaban J connectivity index is 1.63. The molecular weight excluding hydrogens is 300 g/mol. The van der Waals surface area contributed by atoms with Crippen molar-refractivity contribution in [2.24, 2.45) is 5.73 Å². The molecule has 0 unspecified atom stereocenters. The molecule has 1 heterocycles. The maximum Gasteiger partial charge on any atom is 0.272 e. The average molecular weight is 324 g/mol. The van der Waals surface area contributed by atoms with Gasteiger partial charge in [0.15, 0.2) is 5.69 Å². The summed E-state index contributed by atoms with van der Waals surface area (Å²) in [5.41, 5.74) is 10.1. The molecule has 2 atom stereocenters. The van der Waals surface area contributed by atoms with Crippen LogP contribution in [0.15, 0.2) is 30.3 Å². The standard InChI is InChI=1S/C19H24N4O/c20-15-10-4-5-11-16(15)21-19(24)18-14-9-6-12-17(14)23(22-18)13-7-2-1-3-8-13/h1-3,7-8,15-16H,4-6,9-12,20H2,(H,21,24)/t15-,16-/m1/s1. The van der Waals surface area contributed by atoms with Gasteiger partial charge in [0.05, 0.1) is 5.69 Å². The van der Waals surface area contributed by atoms with Crippen LogP contribution in [0, 0.1) is 0 Å². The molecule has 0 saturated heterocycles. The van der Waals surface area contributed by atoms with Crippen molar-refractivity contribution >= 4 is 5.91 Å². The first-order valence-corrected chi connectivity index (χ1v) is 8.96. The Morgan fingerprint density at radius 1 is 1.12 bits per heavy atom. The number of amides is 1. The van der Waals surface area contributed by atoms with Gasteiger partial charge < -0.3 is 11.1 Å². The highest BCUT2D eigenvalue weighted by Gasteiger charge is 2.30. The fourth-order valence-corrected chi connectivity index (χ4v) is 3.98. The molecule has 2 aliphatic rings. The number of fused-ring (bicyclic) bond motifs is 1. The highest BCUT2D eigenvalue weighted by atomic mass is 16.2. The molecule has 0 radical (unpaired) electrons. The number of hydrogen-bond donors (Lipinski definition) is 2. The number of carbonyl (C=O) groups excluding carboxylic acids is 1. The summed E-state index contributed by atoms with van der Waals surface area (Å²) in [6.07, 6.45) is 7.25. The Bertz CT molecular complexity index is 737. The van der Waals surface area contributed by atoms with E-state index in [-0.39, 0.29) is 18.0 Å². The Morgan fingerprint density at radius 3 is 2.71 bits per heavy atom. The maximum atomic E-state index is 12.8. The van der Waals surface area contributed by atoms with Crippen LogP contribution in [0.1, 0.15) is 53.8 Å². The van der Waals surface area contributed by atoms with E-state index in [1.807, 2.05) is 35.0 Å². The molecule has 2 aromatic rings. The summed E-state index contributed by atoms with van der Waals surface area (Å²) in [6, 6.07) is 10.2. The normalized spacial score (nSPS) is 23.0. The second-order valence-electron chi connectivity index (χ2n) is 6.90. The van der Waals surface area contributed by atoms with Crippen molar-refractivity contribution in [1.82, 2.24) is 15.1 Å². The molecule has 5 nitrogen and oxygen atoms in total. The first kappa shape index (κ1) is 15.4. The summed E-state index contributed by atoms with van der Waals surface area (Å²) in [7, 11) is 0. The zero-order valence-corrected chi connectivity index (χ0v) is 13.9. The monoisotopic (exact) mass is 324 g/mol. The second kappa shape index (κ2) is 6.40. The third-order valence-corrected chi connectivity index (χ3v) is 5.28. The Labute approximate surface area is 142 Å². The summed E-state index contributed by atoms with van der Waals surface area (Å²) in [6.45, 7) is 0. The first-order valence-electron chi connectivity index (χ1n) is 8.96. The summed E-state index contributed by atoms with van der Waals surface area (Å²) in [5.74, 6) is -0.0646. The fraction of sp³-hybridized carbons (Fsp3) is 0.474. The number of hydrogen-bond acceptors (Lipinski definition) is 3. The minimum atomic E-state index is -0.0646. The van der Waals surface area contributed by atoms with Gasteiger partial charge in [0.25, 0.3) is 5.91 Å². The van der Waals surface area contributed by atoms with Gasteiger partial charge in [-0.15, -0.1) is 0 Å². The molecular formula is C19H24N4O. The molecule has 2 aliphatic carbocycles. The number of nitrogens with one attached hydrogen (secondary N) is 1. The maximum absolute atomic E-state index is 12.8. The van der Waals surface area contributed by atoms with Crippen LogP contribution in [-0.4, -0.2) is 27.8 Å². The fourth-order valence-electron chi connectivity index (χ4n) is 3.98. The van der Waals surface area contributed by atoms with E-state index in [2.05, 4.69) is 10.4 Å². The van der Waals surface area contributed by atoms with E-state index in [1.54, 1.807) is 0 Å². The Kier molecular flexibility index (Phi) is 4.10. The molecule has 3 N–H and O–H groups in total. The minimum absolute atomic E-state index is 0.0620. The first-order chi connectivity index (χ1) is 11.7. The van der Waals surface area contributed by atoms with E-state index in [1.165, 1.54) is 5.69 Å². The highest BCUT2D eigenvalue weighted by molar-refractivity contribution is 5.94. The number of carbonyl (C=O) groups is 1. The largest absolute Gasteiger partial charge is 0.346 e. The molecule has 126 valence electrons. The van der Waals surface area contributed by atoms with Crippen LogP contribution in [0.5, 0.6) is 0 Å². The van der Waals surface area contributed by atoms with Crippen molar-refractivity contribution in [3.63, 3.8) is 0 Å². The lowest BCUT2D eigenvalue weighted by Crippen LogP contribution is -2.49. The van der Waals surface area contributed by atoms with E-state index in [9.17, 15) is 4.79 Å². The average Bonchev–Trinajstić information content (AvgIpc) is 3.20. The predicted octanol–water partition coefficient (Wildman–Crippen LogP) is 2.36. The number of nitrogens with two attached hydrogens (primary N) is 1. The number of benzene rings is 1. The lowest BCUT2D eigenvalue weighted by atomic mass is 9.91. The summed E-state index contributed by atoms with van der Waals surface area (Å²) >= 11 is 0. The number of rotatable bonds is 3. The van der Waals surface area contributed by atoms with Crippen LogP contribution >= 0.6 is 0 Å². The van der Waals surface area contributed by atoms with Crippen LogP contribution in [0.4, 0.5) is 0 Å². The van der Waals surface area contributed by atoms with Crippen LogP contribution in [0.2, 0.25) is 0 Å². The van der Waals surface area contributed by atoms with Gasteiger partial charge in [-0.3, -0.25) is 4.79 Å². The predicted molar refractivity (Wildman–Crippen MR) is 93.3 cm³/mol. The van der Waals surface area contributed by atoms with Gasteiger partial charge >= 0.3 is 0 Å². The molecule has 0 spiro atoms. The van der Waals surface area contributed by atoms with Gasteiger partial charge in [-0.05, 0) is 44.2 Å². The molecule has 1 fully saturated rings. The third-order valence-electron chi connectivity index (χ3n) is 5.28. The van der Waals surface area contributed by atoms with E-state index in [0.29, 0.717) is 5.69 Å².